The van der Waals surface area contributed by atoms with Crippen LogP contribution in [0.4, 0.5) is 5.69 Å². The number of carbonyl (C=O) groups excluding carboxylic acids is 1. The molecule has 0 aromatic heterocycles. The molecule has 6 heteroatoms. The molecule has 1 heterocycles. The van der Waals surface area contributed by atoms with Crippen molar-refractivity contribution < 1.29 is 13.2 Å². The second kappa shape index (κ2) is 6.93. The summed E-state index contributed by atoms with van der Waals surface area (Å²) >= 11 is 0. The van der Waals surface area contributed by atoms with E-state index >= 15 is 0 Å². The fourth-order valence-electron chi connectivity index (χ4n) is 2.52. The number of hydrogen-bond donors (Lipinski definition) is 1. The van der Waals surface area contributed by atoms with Crippen LogP contribution in [0.5, 0.6) is 0 Å². The Morgan fingerprint density at radius 1 is 1.05 bits per heavy atom. The minimum atomic E-state index is -3.44. The van der Waals surface area contributed by atoms with E-state index in [9.17, 15) is 13.2 Å². The summed E-state index contributed by atoms with van der Waals surface area (Å²) in [6.07, 6.45) is 4.15. The zero-order valence-electron chi connectivity index (χ0n) is 12.1. The summed E-state index contributed by atoms with van der Waals surface area (Å²) in [5.41, 5.74) is 6.83. The third kappa shape index (κ3) is 5.04. The molecule has 2 N–H and O–H groups in total. The second-order valence-corrected chi connectivity index (χ2v) is 7.63. The molecule has 0 aliphatic carbocycles. The second-order valence-electron chi connectivity index (χ2n) is 5.57. The zero-order chi connectivity index (χ0) is 15.3. The van der Waals surface area contributed by atoms with Crippen LogP contribution in [0.2, 0.25) is 0 Å². The third-order valence-electron chi connectivity index (χ3n) is 3.67. The van der Waals surface area contributed by atoms with E-state index in [4.69, 9.17) is 5.73 Å². The highest BCUT2D eigenvalue weighted by Crippen LogP contribution is 2.13. The smallest absolute Gasteiger partial charge is 0.237 e. The van der Waals surface area contributed by atoms with Gasteiger partial charge in [-0.1, -0.05) is 25.0 Å². The lowest BCUT2D eigenvalue weighted by Crippen LogP contribution is -2.36. The van der Waals surface area contributed by atoms with Gasteiger partial charge in [0.25, 0.3) is 0 Å². The summed E-state index contributed by atoms with van der Waals surface area (Å²) < 4.78 is 24.3. The van der Waals surface area contributed by atoms with Gasteiger partial charge in [0.15, 0.2) is 9.84 Å². The summed E-state index contributed by atoms with van der Waals surface area (Å²) in [5.74, 6) is -0.795. The van der Waals surface area contributed by atoms with Crippen LogP contribution >= 0.6 is 0 Å². The molecule has 116 valence electrons. The van der Waals surface area contributed by atoms with E-state index in [1.54, 1.807) is 29.2 Å². The van der Waals surface area contributed by atoms with E-state index in [-0.39, 0.29) is 11.7 Å². The Balaban J connectivity index is 1.96. The molecule has 21 heavy (non-hydrogen) atoms. The minimum Gasteiger partial charge on any atom is -0.399 e. The van der Waals surface area contributed by atoms with Crippen LogP contribution in [0.25, 0.3) is 0 Å². The van der Waals surface area contributed by atoms with Crippen LogP contribution < -0.4 is 5.73 Å². The van der Waals surface area contributed by atoms with E-state index in [0.717, 1.165) is 25.7 Å². The molecule has 1 amide bonds. The van der Waals surface area contributed by atoms with Crippen LogP contribution in [0.1, 0.15) is 31.2 Å². The number of sulfone groups is 1. The molecule has 1 aromatic carbocycles. The van der Waals surface area contributed by atoms with E-state index in [0.29, 0.717) is 24.3 Å². The van der Waals surface area contributed by atoms with E-state index < -0.39 is 15.6 Å². The molecule has 1 aliphatic heterocycles. The van der Waals surface area contributed by atoms with Crippen molar-refractivity contribution in [2.45, 2.75) is 31.4 Å². The van der Waals surface area contributed by atoms with Crippen molar-refractivity contribution in [2.24, 2.45) is 0 Å². The lowest BCUT2D eigenvalue weighted by Gasteiger charge is -2.20. The molecule has 1 saturated heterocycles. The van der Waals surface area contributed by atoms with Gasteiger partial charge in [-0.2, -0.15) is 0 Å². The summed E-state index contributed by atoms with van der Waals surface area (Å²) in [5, 5.41) is 0. The summed E-state index contributed by atoms with van der Waals surface area (Å²) in [6, 6.07) is 6.70. The van der Waals surface area contributed by atoms with Crippen molar-refractivity contribution in [3.8, 4) is 0 Å². The first-order valence-electron chi connectivity index (χ1n) is 7.29. The normalized spacial score (nSPS) is 16.5. The van der Waals surface area contributed by atoms with Gasteiger partial charge in [-0.3, -0.25) is 4.79 Å². The van der Waals surface area contributed by atoms with Crippen molar-refractivity contribution in [2.75, 3.05) is 24.6 Å². The number of anilines is 1. The summed E-state index contributed by atoms with van der Waals surface area (Å²) in [7, 11) is -3.44. The first kappa shape index (κ1) is 15.8. The van der Waals surface area contributed by atoms with Gasteiger partial charge in [-0.25, -0.2) is 8.42 Å². The maximum absolute atomic E-state index is 12.1. The Morgan fingerprint density at radius 3 is 2.19 bits per heavy atom. The lowest BCUT2D eigenvalue weighted by atomic mass is 10.2. The highest BCUT2D eigenvalue weighted by molar-refractivity contribution is 7.91. The van der Waals surface area contributed by atoms with Crippen LogP contribution in [0.15, 0.2) is 24.3 Å². The van der Waals surface area contributed by atoms with Crippen LogP contribution in [-0.2, 0) is 20.4 Å². The minimum absolute atomic E-state index is 0.118. The molecule has 0 spiro atoms. The Kier molecular flexibility index (Phi) is 5.22. The number of amides is 1. The average Bonchev–Trinajstić information content (AvgIpc) is 2.69. The van der Waals surface area contributed by atoms with E-state index in [1.807, 2.05) is 0 Å². The van der Waals surface area contributed by atoms with Crippen LogP contribution in [0, 0.1) is 0 Å². The predicted octanol–water partition coefficient (Wildman–Crippen LogP) is 1.59. The van der Waals surface area contributed by atoms with Crippen LogP contribution in [0.3, 0.4) is 0 Å². The average molecular weight is 310 g/mol. The summed E-state index contributed by atoms with van der Waals surface area (Å²) in [6.45, 7) is 1.35. The number of nitrogens with zero attached hydrogens (tertiary/aromatic N) is 1. The number of likely N-dealkylation sites (tertiary alicyclic amines) is 1. The van der Waals surface area contributed by atoms with Crippen molar-refractivity contribution in [3.63, 3.8) is 0 Å². The van der Waals surface area contributed by atoms with Crippen molar-refractivity contribution >= 4 is 21.4 Å². The molecule has 1 aliphatic rings. The number of benzene rings is 1. The maximum Gasteiger partial charge on any atom is 0.237 e. The largest absolute Gasteiger partial charge is 0.399 e. The number of hydrogen-bond acceptors (Lipinski definition) is 4. The number of nitrogens with two attached hydrogens (primary N) is 1. The number of rotatable bonds is 4. The van der Waals surface area contributed by atoms with Gasteiger partial charge in [-0.05, 0) is 30.5 Å². The maximum atomic E-state index is 12.1. The third-order valence-corrected chi connectivity index (χ3v) is 5.13. The SMILES string of the molecule is Nc1ccc(CS(=O)(=O)CC(=O)N2CCCCCC2)cc1. The molecular formula is C15H22N2O3S. The molecule has 0 unspecified atom stereocenters. The molecule has 0 atom stereocenters. The quantitative estimate of drug-likeness (QED) is 0.856. The van der Waals surface area contributed by atoms with E-state index in [1.165, 1.54) is 0 Å². The van der Waals surface area contributed by atoms with E-state index in [2.05, 4.69) is 0 Å². The Hall–Kier alpha value is -1.56. The topological polar surface area (TPSA) is 80.5 Å². The highest BCUT2D eigenvalue weighted by atomic mass is 32.2. The van der Waals surface area contributed by atoms with Crippen molar-refractivity contribution in [3.05, 3.63) is 29.8 Å². The fourth-order valence-corrected chi connectivity index (χ4v) is 3.88. The number of carbonyl (C=O) groups is 1. The highest BCUT2D eigenvalue weighted by Gasteiger charge is 2.22. The Morgan fingerprint density at radius 2 is 1.62 bits per heavy atom. The molecule has 0 saturated carbocycles. The molecule has 5 nitrogen and oxygen atoms in total. The Labute approximate surface area is 126 Å². The molecule has 1 aromatic rings. The van der Waals surface area contributed by atoms with Gasteiger partial charge in [-0.15, -0.1) is 0 Å². The van der Waals surface area contributed by atoms with Crippen molar-refractivity contribution in [1.82, 2.24) is 4.90 Å². The van der Waals surface area contributed by atoms with Gasteiger partial charge in [0.2, 0.25) is 5.91 Å². The standard InChI is InChI=1S/C15H22N2O3S/c16-14-7-5-13(6-8-14)11-21(19,20)12-15(18)17-9-3-1-2-4-10-17/h5-8H,1-4,9-12,16H2. The molecule has 0 radical (unpaired) electrons. The van der Waals surface area contributed by atoms with Gasteiger partial charge in [0.05, 0.1) is 5.75 Å². The lowest BCUT2D eigenvalue weighted by molar-refractivity contribution is -0.128. The van der Waals surface area contributed by atoms with Gasteiger partial charge >= 0.3 is 0 Å². The Bertz CT molecular complexity index is 573. The van der Waals surface area contributed by atoms with Crippen molar-refractivity contribution in [1.29, 1.82) is 0 Å². The zero-order valence-corrected chi connectivity index (χ0v) is 12.9. The monoisotopic (exact) mass is 310 g/mol. The van der Waals surface area contributed by atoms with Gasteiger partial charge < -0.3 is 10.6 Å². The summed E-state index contributed by atoms with van der Waals surface area (Å²) in [4.78, 5) is 13.8. The predicted molar refractivity (Wildman–Crippen MR) is 83.4 cm³/mol. The fraction of sp³-hybridized carbons (Fsp3) is 0.533. The first-order valence-corrected chi connectivity index (χ1v) is 9.11. The van der Waals surface area contributed by atoms with Crippen LogP contribution in [-0.4, -0.2) is 38.1 Å². The molecule has 2 rings (SSSR count). The van der Waals surface area contributed by atoms with Gasteiger partial charge in [0.1, 0.15) is 5.75 Å². The molecule has 0 bridgehead atoms. The first-order chi connectivity index (χ1) is 9.96. The number of nitrogen functional groups attached to an aromatic ring is 1. The molecule has 1 fully saturated rings. The van der Waals surface area contributed by atoms with Gasteiger partial charge in [0, 0.05) is 18.8 Å². The molecular weight excluding hydrogens is 288 g/mol.